The third kappa shape index (κ3) is 8.60. The van der Waals surface area contributed by atoms with E-state index in [1.54, 1.807) is 19.2 Å². The Kier molecular flexibility index (Phi) is 12.0. The number of likely N-dealkylation sites (N-methyl/N-ethyl adjacent to an activating group) is 1. The van der Waals surface area contributed by atoms with Crippen LogP contribution in [0.4, 0.5) is 4.79 Å². The summed E-state index contributed by atoms with van der Waals surface area (Å²) in [6, 6.07) is 4.07. The Morgan fingerprint density at radius 3 is 2.57 bits per heavy atom. The van der Waals surface area contributed by atoms with Gasteiger partial charge in [0.25, 0.3) is 0 Å². The number of hydrogen-bond donors (Lipinski definition) is 4. The Morgan fingerprint density at radius 1 is 1.09 bits per heavy atom. The fraction of sp³-hybridized carbons (Fsp3) is 0.579. The summed E-state index contributed by atoms with van der Waals surface area (Å²) in [4.78, 5) is 73.9. The molecule has 3 fully saturated rings. The first kappa shape index (κ1) is 39.3. The van der Waals surface area contributed by atoms with Gasteiger partial charge < -0.3 is 35.1 Å². The third-order valence-electron chi connectivity index (χ3n) is 10.7. The van der Waals surface area contributed by atoms with E-state index >= 15 is 0 Å². The first-order chi connectivity index (χ1) is 25.8. The Hall–Kier alpha value is -4.41. The van der Waals surface area contributed by atoms with Crippen LogP contribution in [-0.4, -0.2) is 107 Å². The quantitative estimate of drug-likeness (QED) is 0.125. The summed E-state index contributed by atoms with van der Waals surface area (Å²) in [5.41, 5.74) is -1.16. The summed E-state index contributed by atoms with van der Waals surface area (Å²) in [5.74, 6) is -2.12. The SMILES string of the molecule is CNCC(=O)c1cc(O[C@@H]2C[C@H]3C(=O)N[C@]4(C(=O)OC)CC4/C=C\CCCCC[C@H](NC(=O)OC4CCCC4)C(=O)N3C2)c2cccc([S+](C)(=O)O)c2n1. The highest BCUT2D eigenvalue weighted by atomic mass is 32.3. The number of Topliss-reactive ketones (excluding diaryl/α,β-unsaturated/α-hetero) is 1. The zero-order valence-corrected chi connectivity index (χ0v) is 31.8. The molecule has 0 radical (unpaired) electrons. The molecule has 6 atom stereocenters. The van der Waals surface area contributed by atoms with Crippen molar-refractivity contribution < 1.29 is 46.9 Å². The number of ketones is 1. The molecule has 3 heterocycles. The summed E-state index contributed by atoms with van der Waals surface area (Å²) < 4.78 is 40.7. The van der Waals surface area contributed by atoms with E-state index in [0.717, 1.165) is 51.2 Å². The highest BCUT2D eigenvalue weighted by molar-refractivity contribution is 7.97. The van der Waals surface area contributed by atoms with E-state index in [-0.39, 0.29) is 59.2 Å². The Bertz CT molecular complexity index is 1860. The second kappa shape index (κ2) is 16.5. The number of ether oxygens (including phenoxy) is 3. The Labute approximate surface area is 315 Å². The molecule has 292 valence electrons. The summed E-state index contributed by atoms with van der Waals surface area (Å²) in [6.45, 7) is -0.125. The van der Waals surface area contributed by atoms with Crippen molar-refractivity contribution in [2.45, 2.75) is 105 Å². The minimum absolute atomic E-state index is 0.00232. The van der Waals surface area contributed by atoms with Gasteiger partial charge in [-0.05, 0) is 70.5 Å². The van der Waals surface area contributed by atoms with Gasteiger partial charge in [-0.15, -0.1) is 0 Å². The molecule has 2 unspecified atom stereocenters. The number of rotatable bonds is 9. The van der Waals surface area contributed by atoms with Crippen LogP contribution in [0.5, 0.6) is 5.75 Å². The monoisotopic (exact) mass is 768 g/mol. The van der Waals surface area contributed by atoms with Gasteiger partial charge in [0, 0.05) is 23.8 Å². The number of pyridine rings is 1. The predicted molar refractivity (Wildman–Crippen MR) is 198 cm³/mol. The zero-order chi connectivity index (χ0) is 38.6. The largest absolute Gasteiger partial charge is 0.488 e. The first-order valence-electron chi connectivity index (χ1n) is 18.7. The Morgan fingerprint density at radius 2 is 1.85 bits per heavy atom. The number of alkyl carbamates (subject to hydrolysis) is 1. The van der Waals surface area contributed by atoms with Crippen molar-refractivity contribution in [3.05, 3.63) is 42.1 Å². The molecule has 2 aliphatic heterocycles. The second-order valence-electron chi connectivity index (χ2n) is 14.7. The number of carbonyl (C=O) groups is 5. The third-order valence-corrected chi connectivity index (χ3v) is 11.9. The number of hydrogen-bond acceptors (Lipinski definition) is 11. The van der Waals surface area contributed by atoms with Crippen molar-refractivity contribution in [3.63, 3.8) is 0 Å². The summed E-state index contributed by atoms with van der Waals surface area (Å²) in [6.07, 6.45) is 10.5. The smallest absolute Gasteiger partial charge is 0.408 e. The molecule has 6 rings (SSSR count). The van der Waals surface area contributed by atoms with Crippen LogP contribution < -0.4 is 20.7 Å². The van der Waals surface area contributed by atoms with Gasteiger partial charge in [-0.3, -0.25) is 14.4 Å². The molecule has 4 aliphatic rings. The van der Waals surface area contributed by atoms with E-state index in [0.29, 0.717) is 24.6 Å². The van der Waals surface area contributed by atoms with Crippen LogP contribution in [0.15, 0.2) is 41.3 Å². The highest BCUT2D eigenvalue weighted by Crippen LogP contribution is 2.46. The van der Waals surface area contributed by atoms with Crippen molar-refractivity contribution in [3.8, 4) is 5.75 Å². The summed E-state index contributed by atoms with van der Waals surface area (Å²) in [7, 11) is -0.643. The highest BCUT2D eigenvalue weighted by Gasteiger charge is 2.62. The Balaban J connectivity index is 1.35. The van der Waals surface area contributed by atoms with E-state index in [4.69, 9.17) is 14.2 Å². The molecule has 1 saturated heterocycles. The normalized spacial score (nSPS) is 28.0. The van der Waals surface area contributed by atoms with Gasteiger partial charge in [0.15, 0.2) is 5.78 Å². The maximum Gasteiger partial charge on any atom is 0.408 e. The molecule has 0 spiro atoms. The molecule has 1 aromatic heterocycles. The lowest BCUT2D eigenvalue weighted by atomic mass is 10.0. The molecule has 2 saturated carbocycles. The van der Waals surface area contributed by atoms with Crippen LogP contribution in [0.1, 0.15) is 81.1 Å². The topological polar surface area (TPSA) is 203 Å². The van der Waals surface area contributed by atoms with Crippen LogP contribution >= 0.6 is 0 Å². The number of benzene rings is 1. The molecule has 4 N–H and O–H groups in total. The van der Waals surface area contributed by atoms with Crippen LogP contribution in [0.25, 0.3) is 10.9 Å². The predicted octanol–water partition coefficient (Wildman–Crippen LogP) is 3.55. The van der Waals surface area contributed by atoms with Crippen LogP contribution in [0, 0.1) is 5.92 Å². The van der Waals surface area contributed by atoms with Gasteiger partial charge >= 0.3 is 12.1 Å². The van der Waals surface area contributed by atoms with Crippen molar-refractivity contribution in [2.24, 2.45) is 5.92 Å². The van der Waals surface area contributed by atoms with Crippen LogP contribution in [-0.2, 0) is 38.3 Å². The van der Waals surface area contributed by atoms with Crippen LogP contribution in [0.3, 0.4) is 0 Å². The number of esters is 1. The van der Waals surface area contributed by atoms with Crippen molar-refractivity contribution in [1.29, 1.82) is 0 Å². The fourth-order valence-electron chi connectivity index (χ4n) is 7.82. The first-order valence-corrected chi connectivity index (χ1v) is 20.6. The zero-order valence-electron chi connectivity index (χ0n) is 31.0. The maximum absolute atomic E-state index is 14.5. The van der Waals surface area contributed by atoms with Gasteiger partial charge in [-0.2, -0.15) is 4.55 Å². The van der Waals surface area contributed by atoms with Gasteiger partial charge in [-0.1, -0.05) is 35.3 Å². The minimum atomic E-state index is -3.52. The lowest BCUT2D eigenvalue weighted by Gasteiger charge is -2.29. The standard InChI is InChI=1S/C38H49N5O10S/c1-39-21-30(44)28-19-31(26-15-11-17-32(33(26)40-28)54(3,49)50)52-25-18-29-34(45)42-38(36(47)51-2)20-23(38)12-7-5-4-6-8-16-27(35(46)43(29)22-25)41-37(48)53-24-13-9-10-14-24/h7,11-12,15,17,19,23-25,27,29,39H,4-6,8-10,13-14,16,18,20-22H2,1-3H3,(H2-,41,42,45,48,49,50)/p+1/b12-7-/t23?,25-,27+,29+,38-/m1/s1. The van der Waals surface area contributed by atoms with Gasteiger partial charge in [0.05, 0.1) is 20.2 Å². The molecule has 15 nitrogen and oxygen atoms in total. The van der Waals surface area contributed by atoms with Crippen molar-refractivity contribution >= 4 is 50.8 Å². The number of methoxy groups -OCH3 is 1. The summed E-state index contributed by atoms with van der Waals surface area (Å²) >= 11 is 0. The van der Waals surface area contributed by atoms with E-state index in [1.807, 2.05) is 12.2 Å². The minimum Gasteiger partial charge on any atom is -0.488 e. The van der Waals surface area contributed by atoms with E-state index in [9.17, 15) is 32.7 Å². The number of fused-ring (bicyclic) bond motifs is 3. The molecule has 2 aliphatic carbocycles. The fourth-order valence-corrected chi connectivity index (χ4v) is 8.66. The average Bonchev–Trinajstić information content (AvgIpc) is 3.41. The average molecular weight is 769 g/mol. The van der Waals surface area contributed by atoms with E-state index in [2.05, 4.69) is 20.9 Å². The number of para-hydroxylation sites is 1. The number of nitrogens with zero attached hydrogens (tertiary/aromatic N) is 2. The summed E-state index contributed by atoms with van der Waals surface area (Å²) in [5, 5.41) is 8.87. The maximum atomic E-state index is 14.5. The molecule has 1 aromatic carbocycles. The number of aromatic nitrogens is 1. The van der Waals surface area contributed by atoms with Crippen LogP contribution in [0.2, 0.25) is 0 Å². The number of allylic oxidation sites excluding steroid dienone is 1. The van der Waals surface area contributed by atoms with Gasteiger partial charge in [-0.25, -0.2) is 14.6 Å². The molecular formula is C38H50N5O10S+. The van der Waals surface area contributed by atoms with Gasteiger partial charge in [0.1, 0.15) is 53.0 Å². The number of nitrogens with one attached hydrogen (secondary N) is 3. The molecule has 2 aromatic rings. The molecule has 16 heteroatoms. The lowest BCUT2D eigenvalue weighted by Crippen LogP contribution is -2.56. The molecular weight excluding hydrogens is 719 g/mol. The van der Waals surface area contributed by atoms with Crippen molar-refractivity contribution in [2.75, 3.05) is 33.5 Å². The number of amides is 3. The van der Waals surface area contributed by atoms with Crippen molar-refractivity contribution in [1.82, 2.24) is 25.8 Å². The van der Waals surface area contributed by atoms with Gasteiger partial charge in [0.2, 0.25) is 26.9 Å². The van der Waals surface area contributed by atoms with E-state index < -0.39 is 57.8 Å². The molecule has 54 heavy (non-hydrogen) atoms. The second-order valence-corrected chi connectivity index (χ2v) is 16.8. The van der Waals surface area contributed by atoms with E-state index in [1.165, 1.54) is 24.1 Å². The number of carbonyl (C=O) groups excluding carboxylic acids is 5. The lowest BCUT2D eigenvalue weighted by molar-refractivity contribution is -0.148. The molecule has 0 bridgehead atoms. The molecule has 3 amide bonds.